The lowest BCUT2D eigenvalue weighted by molar-refractivity contribution is 0.0944. The molecule has 0 fully saturated rings. The fourth-order valence-corrected chi connectivity index (χ4v) is 2.28. The first-order chi connectivity index (χ1) is 9.65. The molecule has 0 aliphatic rings. The number of ether oxygens (including phenoxy) is 1. The monoisotopic (exact) mass is 291 g/mol. The van der Waals surface area contributed by atoms with Crippen LogP contribution in [0.3, 0.4) is 0 Å². The van der Waals surface area contributed by atoms with Gasteiger partial charge in [-0.3, -0.25) is 4.79 Å². The number of nitrogens with zero attached hydrogens (tertiary/aromatic N) is 2. The van der Waals surface area contributed by atoms with E-state index in [0.717, 1.165) is 29.3 Å². The summed E-state index contributed by atoms with van der Waals surface area (Å²) in [6.45, 7) is 4.00. The largest absolute Gasteiger partial charge is 0.497 e. The van der Waals surface area contributed by atoms with Crippen LogP contribution in [0.4, 0.5) is 0 Å². The summed E-state index contributed by atoms with van der Waals surface area (Å²) in [5.74, 6) is 0.593. The van der Waals surface area contributed by atoms with Crippen LogP contribution in [0.25, 0.3) is 11.3 Å². The molecule has 0 aliphatic heterocycles. The molecule has 0 aliphatic carbocycles. The van der Waals surface area contributed by atoms with E-state index in [1.807, 2.05) is 38.1 Å². The Kier molecular flexibility index (Phi) is 4.68. The quantitative estimate of drug-likeness (QED) is 0.920. The molecule has 106 valence electrons. The number of rotatable bonds is 5. The molecule has 0 unspecified atom stereocenters. The van der Waals surface area contributed by atoms with E-state index in [1.54, 1.807) is 7.11 Å². The molecule has 5 nitrogen and oxygen atoms in total. The van der Waals surface area contributed by atoms with Crippen molar-refractivity contribution in [2.24, 2.45) is 0 Å². The Hall–Kier alpha value is -1.95. The summed E-state index contributed by atoms with van der Waals surface area (Å²) >= 11 is 1.10. The van der Waals surface area contributed by atoms with Crippen molar-refractivity contribution in [1.29, 1.82) is 0 Å². The van der Waals surface area contributed by atoms with Gasteiger partial charge in [-0.05, 0) is 37.0 Å². The minimum absolute atomic E-state index is 0.128. The van der Waals surface area contributed by atoms with E-state index in [2.05, 4.69) is 14.9 Å². The SMILES string of the molecule is CC[C@@H](C)NC(=O)c1snnc1-c1cccc(OC)c1. The van der Waals surface area contributed by atoms with Crippen molar-refractivity contribution < 1.29 is 9.53 Å². The molecule has 0 spiro atoms. The summed E-state index contributed by atoms with van der Waals surface area (Å²) < 4.78 is 9.09. The summed E-state index contributed by atoms with van der Waals surface area (Å²) in [6.07, 6.45) is 0.881. The maximum atomic E-state index is 12.2. The summed E-state index contributed by atoms with van der Waals surface area (Å²) in [5.41, 5.74) is 1.42. The van der Waals surface area contributed by atoms with E-state index in [0.29, 0.717) is 10.6 Å². The number of hydrogen-bond donors (Lipinski definition) is 1. The van der Waals surface area contributed by atoms with E-state index < -0.39 is 0 Å². The Bertz CT molecular complexity index is 598. The number of benzene rings is 1. The summed E-state index contributed by atoms with van der Waals surface area (Å²) in [6, 6.07) is 7.57. The van der Waals surface area contributed by atoms with Crippen LogP contribution < -0.4 is 10.1 Å². The maximum Gasteiger partial charge on any atom is 0.265 e. The van der Waals surface area contributed by atoms with Gasteiger partial charge in [-0.2, -0.15) is 0 Å². The zero-order valence-electron chi connectivity index (χ0n) is 11.7. The Balaban J connectivity index is 2.30. The van der Waals surface area contributed by atoms with Gasteiger partial charge in [0.2, 0.25) is 0 Å². The lowest BCUT2D eigenvalue weighted by Crippen LogP contribution is -2.31. The molecule has 1 N–H and O–H groups in total. The van der Waals surface area contributed by atoms with Crippen LogP contribution in [0.1, 0.15) is 29.9 Å². The van der Waals surface area contributed by atoms with Crippen molar-refractivity contribution in [3.63, 3.8) is 0 Å². The molecule has 20 heavy (non-hydrogen) atoms. The molecule has 2 rings (SSSR count). The highest BCUT2D eigenvalue weighted by molar-refractivity contribution is 7.08. The van der Waals surface area contributed by atoms with Crippen LogP contribution in [0.2, 0.25) is 0 Å². The minimum atomic E-state index is -0.132. The molecule has 2 aromatic rings. The van der Waals surface area contributed by atoms with E-state index >= 15 is 0 Å². The van der Waals surface area contributed by atoms with E-state index in [1.165, 1.54) is 0 Å². The molecule has 1 aromatic carbocycles. The highest BCUT2D eigenvalue weighted by Gasteiger charge is 2.19. The molecule has 0 saturated heterocycles. The van der Waals surface area contributed by atoms with Gasteiger partial charge in [-0.15, -0.1) is 5.10 Å². The van der Waals surface area contributed by atoms with Gasteiger partial charge in [0.15, 0.2) is 0 Å². The van der Waals surface area contributed by atoms with Gasteiger partial charge in [-0.25, -0.2) is 0 Å². The average molecular weight is 291 g/mol. The number of nitrogens with one attached hydrogen (secondary N) is 1. The Morgan fingerprint density at radius 1 is 1.50 bits per heavy atom. The Morgan fingerprint density at radius 2 is 2.30 bits per heavy atom. The highest BCUT2D eigenvalue weighted by atomic mass is 32.1. The molecule has 1 amide bonds. The molecular weight excluding hydrogens is 274 g/mol. The molecule has 1 aromatic heterocycles. The second kappa shape index (κ2) is 6.47. The van der Waals surface area contributed by atoms with E-state index in [-0.39, 0.29) is 11.9 Å². The van der Waals surface area contributed by atoms with E-state index in [9.17, 15) is 4.79 Å². The van der Waals surface area contributed by atoms with Crippen LogP contribution in [-0.4, -0.2) is 28.6 Å². The van der Waals surface area contributed by atoms with E-state index in [4.69, 9.17) is 4.74 Å². The van der Waals surface area contributed by atoms with Gasteiger partial charge in [0.05, 0.1) is 7.11 Å². The molecule has 1 atom stereocenters. The average Bonchev–Trinajstić information content (AvgIpc) is 2.96. The van der Waals surface area contributed by atoms with Crippen LogP contribution >= 0.6 is 11.5 Å². The van der Waals surface area contributed by atoms with Crippen LogP contribution in [0.5, 0.6) is 5.75 Å². The predicted octanol–water partition coefficient (Wildman–Crippen LogP) is 2.74. The first-order valence-corrected chi connectivity index (χ1v) is 7.20. The first kappa shape index (κ1) is 14.5. The van der Waals surface area contributed by atoms with Crippen molar-refractivity contribution in [3.05, 3.63) is 29.1 Å². The van der Waals surface area contributed by atoms with Gasteiger partial charge < -0.3 is 10.1 Å². The molecule has 0 saturated carbocycles. The van der Waals surface area contributed by atoms with Crippen LogP contribution in [-0.2, 0) is 0 Å². The summed E-state index contributed by atoms with van der Waals surface area (Å²) in [5, 5.41) is 7.00. The van der Waals surface area contributed by atoms with Gasteiger partial charge in [-0.1, -0.05) is 23.5 Å². The molecule has 6 heteroatoms. The number of hydrogen-bond acceptors (Lipinski definition) is 5. The minimum Gasteiger partial charge on any atom is -0.497 e. The van der Waals surface area contributed by atoms with Crippen molar-refractivity contribution in [2.45, 2.75) is 26.3 Å². The second-order valence-electron chi connectivity index (χ2n) is 4.47. The zero-order chi connectivity index (χ0) is 14.5. The third-order valence-electron chi connectivity index (χ3n) is 3.03. The predicted molar refractivity (Wildman–Crippen MR) is 79.1 cm³/mol. The molecular formula is C14H17N3O2S. The number of carbonyl (C=O) groups is 1. The van der Waals surface area contributed by atoms with Crippen molar-refractivity contribution in [1.82, 2.24) is 14.9 Å². The topological polar surface area (TPSA) is 64.1 Å². The third kappa shape index (κ3) is 3.14. The molecule has 0 bridgehead atoms. The lowest BCUT2D eigenvalue weighted by Gasteiger charge is -2.10. The van der Waals surface area contributed by atoms with Crippen LogP contribution in [0, 0.1) is 0 Å². The number of carbonyl (C=O) groups excluding carboxylic acids is 1. The third-order valence-corrected chi connectivity index (χ3v) is 3.75. The zero-order valence-corrected chi connectivity index (χ0v) is 12.5. The Labute approximate surface area is 122 Å². The fourth-order valence-electron chi connectivity index (χ4n) is 1.69. The lowest BCUT2D eigenvalue weighted by atomic mass is 10.1. The van der Waals surface area contributed by atoms with Gasteiger partial charge in [0.25, 0.3) is 5.91 Å². The standard InChI is InChI=1S/C14H17N3O2S/c1-4-9(2)15-14(18)13-12(16-17-20-13)10-6-5-7-11(8-10)19-3/h5-9H,4H2,1-3H3,(H,15,18)/t9-/m1/s1. The first-order valence-electron chi connectivity index (χ1n) is 6.43. The van der Waals surface area contributed by atoms with Crippen molar-refractivity contribution in [2.75, 3.05) is 7.11 Å². The molecule has 0 radical (unpaired) electrons. The maximum absolute atomic E-state index is 12.2. The summed E-state index contributed by atoms with van der Waals surface area (Å²) in [4.78, 5) is 12.7. The normalized spacial score (nSPS) is 11.9. The van der Waals surface area contributed by atoms with Gasteiger partial charge in [0, 0.05) is 11.6 Å². The van der Waals surface area contributed by atoms with Crippen molar-refractivity contribution >= 4 is 17.4 Å². The number of aromatic nitrogens is 2. The number of methoxy groups -OCH3 is 1. The van der Waals surface area contributed by atoms with Crippen LogP contribution in [0.15, 0.2) is 24.3 Å². The summed E-state index contributed by atoms with van der Waals surface area (Å²) in [7, 11) is 1.61. The van der Waals surface area contributed by atoms with Gasteiger partial charge in [0.1, 0.15) is 16.3 Å². The van der Waals surface area contributed by atoms with Gasteiger partial charge >= 0.3 is 0 Å². The second-order valence-corrected chi connectivity index (χ2v) is 5.22. The number of amides is 1. The molecule has 1 heterocycles. The van der Waals surface area contributed by atoms with Crippen molar-refractivity contribution in [3.8, 4) is 17.0 Å². The smallest absolute Gasteiger partial charge is 0.265 e. The fraction of sp³-hybridized carbons (Fsp3) is 0.357. The highest BCUT2D eigenvalue weighted by Crippen LogP contribution is 2.26. The Morgan fingerprint density at radius 3 is 3.00 bits per heavy atom.